The van der Waals surface area contributed by atoms with Crippen LogP contribution in [-0.2, 0) is 9.59 Å². The lowest BCUT2D eigenvalue weighted by molar-refractivity contribution is -0.117. The first-order valence-electron chi connectivity index (χ1n) is 8.45. The van der Waals surface area contributed by atoms with E-state index in [1.165, 1.54) is 19.8 Å². The highest BCUT2D eigenvalue weighted by molar-refractivity contribution is 5.95. The number of ether oxygens (including phenoxy) is 1. The molecule has 0 radical (unpaired) electrons. The third kappa shape index (κ3) is 6.55. The average molecular weight is 370 g/mol. The van der Waals surface area contributed by atoms with Gasteiger partial charge in [-0.2, -0.15) is 0 Å². The smallest absolute Gasteiger partial charge is 0.224 e. The lowest BCUT2D eigenvalue weighted by Gasteiger charge is -2.28. The van der Waals surface area contributed by atoms with E-state index < -0.39 is 0 Å². The Morgan fingerprint density at radius 3 is 2.72 bits per heavy atom. The number of hydrogen-bond acceptors (Lipinski definition) is 4. The molecule has 1 aromatic rings. The van der Waals surface area contributed by atoms with Crippen LogP contribution < -0.4 is 20.7 Å². The van der Waals surface area contributed by atoms with E-state index in [0.717, 1.165) is 13.1 Å². The van der Waals surface area contributed by atoms with E-state index in [2.05, 4.69) is 22.9 Å². The van der Waals surface area contributed by atoms with Crippen LogP contribution in [0.15, 0.2) is 18.2 Å². The zero-order valence-electron chi connectivity index (χ0n) is 15.1. The molecule has 2 unspecified atom stereocenters. The van der Waals surface area contributed by atoms with Crippen molar-refractivity contribution < 1.29 is 14.3 Å². The van der Waals surface area contributed by atoms with E-state index in [4.69, 9.17) is 4.74 Å². The zero-order chi connectivity index (χ0) is 17.5. The van der Waals surface area contributed by atoms with Gasteiger partial charge >= 0.3 is 0 Å². The molecule has 0 bridgehead atoms. The van der Waals surface area contributed by atoms with E-state index in [1.807, 2.05) is 0 Å². The third-order valence-electron chi connectivity index (χ3n) is 4.44. The first kappa shape index (κ1) is 21.3. The van der Waals surface area contributed by atoms with Gasteiger partial charge in [0.25, 0.3) is 0 Å². The fraction of sp³-hybridized carbons (Fsp3) is 0.556. The van der Waals surface area contributed by atoms with Gasteiger partial charge in [0.1, 0.15) is 5.75 Å². The van der Waals surface area contributed by atoms with Crippen LogP contribution in [0.4, 0.5) is 11.4 Å². The van der Waals surface area contributed by atoms with Crippen molar-refractivity contribution in [2.45, 2.75) is 33.1 Å². The maximum Gasteiger partial charge on any atom is 0.224 e. The number of piperidine rings is 1. The van der Waals surface area contributed by atoms with Gasteiger partial charge < -0.3 is 20.7 Å². The number of anilines is 2. The topological polar surface area (TPSA) is 79.5 Å². The van der Waals surface area contributed by atoms with Gasteiger partial charge in [0, 0.05) is 19.0 Å². The molecule has 1 heterocycles. The van der Waals surface area contributed by atoms with E-state index in [1.54, 1.807) is 25.3 Å². The lowest BCUT2D eigenvalue weighted by Crippen LogP contribution is -2.34. The minimum absolute atomic E-state index is 0. The number of benzene rings is 1. The number of methoxy groups -OCH3 is 1. The normalized spacial score (nSPS) is 17.8. The molecular formula is C18H28ClN3O3. The molecule has 6 nitrogen and oxygen atoms in total. The summed E-state index contributed by atoms with van der Waals surface area (Å²) in [6.07, 6.45) is 2.81. The largest absolute Gasteiger partial charge is 0.495 e. The molecule has 0 spiro atoms. The molecule has 1 aliphatic heterocycles. The summed E-state index contributed by atoms with van der Waals surface area (Å²) in [4.78, 5) is 23.6. The van der Waals surface area contributed by atoms with Gasteiger partial charge in [-0.3, -0.25) is 9.59 Å². The van der Waals surface area contributed by atoms with Crippen molar-refractivity contribution in [3.63, 3.8) is 0 Å². The van der Waals surface area contributed by atoms with Crippen LogP contribution in [0, 0.1) is 11.8 Å². The first-order chi connectivity index (χ1) is 11.5. The highest BCUT2D eigenvalue weighted by atomic mass is 35.5. The second-order valence-corrected chi connectivity index (χ2v) is 6.43. The van der Waals surface area contributed by atoms with E-state index in [0.29, 0.717) is 35.4 Å². The van der Waals surface area contributed by atoms with Gasteiger partial charge in [-0.15, -0.1) is 12.4 Å². The number of carbonyl (C=O) groups is 2. The Morgan fingerprint density at radius 1 is 1.36 bits per heavy atom. The molecule has 2 rings (SSSR count). The van der Waals surface area contributed by atoms with Gasteiger partial charge in [0.15, 0.2) is 0 Å². The first-order valence-corrected chi connectivity index (χ1v) is 8.45. The quantitative estimate of drug-likeness (QED) is 0.720. The second-order valence-electron chi connectivity index (χ2n) is 6.43. The van der Waals surface area contributed by atoms with E-state index in [-0.39, 0.29) is 24.2 Å². The standard InChI is InChI=1S/C18H27N3O3.ClH/c1-12(14-5-4-8-19-11-14)9-18(23)21-16-10-15(20-13(2)22)6-7-17(16)24-3;/h6-7,10,12,14,19H,4-5,8-9,11H2,1-3H3,(H,20,22)(H,21,23);1H. The highest BCUT2D eigenvalue weighted by Gasteiger charge is 2.22. The molecule has 140 valence electrons. The number of amides is 2. The maximum atomic E-state index is 12.4. The molecule has 1 aromatic carbocycles. The summed E-state index contributed by atoms with van der Waals surface area (Å²) in [6, 6.07) is 5.19. The minimum Gasteiger partial charge on any atom is -0.495 e. The number of rotatable bonds is 6. The molecule has 0 saturated carbocycles. The average Bonchev–Trinajstić information content (AvgIpc) is 2.55. The SMILES string of the molecule is COc1ccc(NC(C)=O)cc1NC(=O)CC(C)C1CCCNC1.Cl. The molecule has 1 saturated heterocycles. The fourth-order valence-electron chi connectivity index (χ4n) is 3.11. The molecule has 0 aromatic heterocycles. The summed E-state index contributed by atoms with van der Waals surface area (Å²) in [5, 5.41) is 9.01. The van der Waals surface area contributed by atoms with Gasteiger partial charge in [-0.05, 0) is 56.0 Å². The van der Waals surface area contributed by atoms with Crippen molar-refractivity contribution in [2.24, 2.45) is 11.8 Å². The van der Waals surface area contributed by atoms with Crippen molar-refractivity contribution >= 4 is 35.6 Å². The molecule has 1 fully saturated rings. The summed E-state index contributed by atoms with van der Waals surface area (Å²) in [5.41, 5.74) is 1.20. The van der Waals surface area contributed by atoms with Gasteiger partial charge in [-0.1, -0.05) is 6.92 Å². The molecule has 2 atom stereocenters. The number of hydrogen-bond donors (Lipinski definition) is 3. The van der Waals surface area contributed by atoms with E-state index >= 15 is 0 Å². The lowest BCUT2D eigenvalue weighted by atomic mass is 9.85. The summed E-state index contributed by atoms with van der Waals surface area (Å²) in [6.45, 7) is 5.63. The summed E-state index contributed by atoms with van der Waals surface area (Å²) >= 11 is 0. The Kier molecular flexibility index (Phi) is 8.72. The van der Waals surface area contributed by atoms with Crippen LogP contribution in [0.5, 0.6) is 5.75 Å². The van der Waals surface area contributed by atoms with Crippen LogP contribution in [0.2, 0.25) is 0 Å². The third-order valence-corrected chi connectivity index (χ3v) is 4.44. The molecular weight excluding hydrogens is 342 g/mol. The Morgan fingerprint density at radius 2 is 2.12 bits per heavy atom. The van der Waals surface area contributed by atoms with Crippen LogP contribution in [0.3, 0.4) is 0 Å². The monoisotopic (exact) mass is 369 g/mol. The van der Waals surface area contributed by atoms with Gasteiger partial charge in [-0.25, -0.2) is 0 Å². The summed E-state index contributed by atoms with van der Waals surface area (Å²) in [5.74, 6) is 1.24. The predicted molar refractivity (Wildman–Crippen MR) is 103 cm³/mol. The maximum absolute atomic E-state index is 12.4. The van der Waals surface area contributed by atoms with Gasteiger partial charge in [0.05, 0.1) is 12.8 Å². The van der Waals surface area contributed by atoms with Crippen LogP contribution in [0.25, 0.3) is 0 Å². The summed E-state index contributed by atoms with van der Waals surface area (Å²) in [7, 11) is 1.55. The van der Waals surface area contributed by atoms with Gasteiger partial charge in [0.2, 0.25) is 11.8 Å². The number of carbonyl (C=O) groups excluding carboxylic acids is 2. The van der Waals surface area contributed by atoms with Crippen molar-refractivity contribution in [1.82, 2.24) is 5.32 Å². The highest BCUT2D eigenvalue weighted by Crippen LogP contribution is 2.29. The van der Waals surface area contributed by atoms with Crippen LogP contribution in [-0.4, -0.2) is 32.0 Å². The fourth-order valence-corrected chi connectivity index (χ4v) is 3.11. The molecule has 1 aliphatic rings. The van der Waals surface area contributed by atoms with Crippen LogP contribution >= 0.6 is 12.4 Å². The predicted octanol–water partition coefficient (Wildman–Crippen LogP) is 3.04. The minimum atomic E-state index is -0.157. The zero-order valence-corrected chi connectivity index (χ0v) is 15.9. The Balaban J connectivity index is 0.00000312. The number of halogens is 1. The Hall–Kier alpha value is -1.79. The van der Waals surface area contributed by atoms with E-state index in [9.17, 15) is 9.59 Å². The second kappa shape index (κ2) is 10.3. The summed E-state index contributed by atoms with van der Waals surface area (Å²) < 4.78 is 5.29. The Bertz CT molecular complexity index is 589. The van der Waals surface area contributed by atoms with Crippen molar-refractivity contribution in [2.75, 3.05) is 30.8 Å². The number of nitrogens with one attached hydrogen (secondary N) is 3. The molecule has 2 amide bonds. The van der Waals surface area contributed by atoms with Crippen molar-refractivity contribution in [3.8, 4) is 5.75 Å². The molecule has 25 heavy (non-hydrogen) atoms. The molecule has 0 aliphatic carbocycles. The van der Waals surface area contributed by atoms with Crippen LogP contribution in [0.1, 0.15) is 33.1 Å². The molecule has 7 heteroatoms. The molecule has 3 N–H and O–H groups in total. The Labute approximate surface area is 155 Å². The van der Waals surface area contributed by atoms with Crippen molar-refractivity contribution in [1.29, 1.82) is 0 Å². The van der Waals surface area contributed by atoms with Crippen molar-refractivity contribution in [3.05, 3.63) is 18.2 Å².